The quantitative estimate of drug-likeness (QED) is 0.837. The van der Waals surface area contributed by atoms with E-state index in [1.807, 2.05) is 0 Å². The van der Waals surface area contributed by atoms with E-state index in [0.29, 0.717) is 0 Å². The van der Waals surface area contributed by atoms with Gasteiger partial charge in [0.2, 0.25) is 5.91 Å². The van der Waals surface area contributed by atoms with E-state index in [-0.39, 0.29) is 5.56 Å². The number of methoxy groups -OCH3 is 2. The zero-order chi connectivity index (χ0) is 16.2. The molecule has 0 heterocycles. The Morgan fingerprint density at radius 2 is 1.90 bits per heavy atom. The molecule has 1 aromatic rings. The molecule has 1 N–H and O–H groups in total. The molecule has 0 aliphatic rings. The fourth-order valence-corrected chi connectivity index (χ4v) is 1.77. The molecule has 1 amide bonds. The number of amides is 1. The van der Waals surface area contributed by atoms with Crippen molar-refractivity contribution in [2.45, 2.75) is 25.5 Å². The highest BCUT2D eigenvalue weighted by Gasteiger charge is 2.41. The first-order valence-corrected chi connectivity index (χ1v) is 6.15. The third-order valence-corrected chi connectivity index (χ3v) is 3.16. The molecule has 116 valence electrons. The van der Waals surface area contributed by atoms with E-state index < -0.39 is 35.2 Å². The van der Waals surface area contributed by atoms with Gasteiger partial charge in [-0.2, -0.15) is 0 Å². The van der Waals surface area contributed by atoms with Crippen LogP contribution < -0.4 is 5.32 Å². The fraction of sp³-hybridized carbons (Fsp3) is 0.429. The zero-order valence-corrected chi connectivity index (χ0v) is 12.2. The number of benzene rings is 1. The van der Waals surface area contributed by atoms with Crippen LogP contribution in [0.5, 0.6) is 0 Å². The Kier molecular flexibility index (Phi) is 5.37. The summed E-state index contributed by atoms with van der Waals surface area (Å²) in [5, 5.41) is 2.33. The van der Waals surface area contributed by atoms with Gasteiger partial charge in [-0.05, 0) is 32.0 Å². The van der Waals surface area contributed by atoms with Gasteiger partial charge in [0.15, 0.2) is 5.54 Å². The molecule has 1 rings (SSSR count). The van der Waals surface area contributed by atoms with E-state index in [1.54, 1.807) is 0 Å². The molecule has 5 nitrogen and oxygen atoms in total. The number of hydrogen-bond donors (Lipinski definition) is 1. The van der Waals surface area contributed by atoms with E-state index in [0.717, 1.165) is 25.3 Å². The van der Waals surface area contributed by atoms with Crippen molar-refractivity contribution in [2.24, 2.45) is 0 Å². The van der Waals surface area contributed by atoms with E-state index in [4.69, 9.17) is 4.74 Å². The fourth-order valence-electron chi connectivity index (χ4n) is 1.77. The van der Waals surface area contributed by atoms with Gasteiger partial charge in [-0.25, -0.2) is 13.6 Å². The highest BCUT2D eigenvalue weighted by Crippen LogP contribution is 2.26. The number of ether oxygens (including phenoxy) is 2. The molecule has 0 radical (unpaired) electrons. The summed E-state index contributed by atoms with van der Waals surface area (Å²) in [6.45, 7) is 2.69. The SMILES string of the molecule is COC(=O)C(C)(NC(=O)C(C)OC)c1cc(F)ccc1F. The molecule has 0 fully saturated rings. The van der Waals surface area contributed by atoms with Crippen molar-refractivity contribution in [1.29, 1.82) is 0 Å². The van der Waals surface area contributed by atoms with Crippen LogP contribution in [0.4, 0.5) is 8.78 Å². The molecule has 0 spiro atoms. The molecule has 21 heavy (non-hydrogen) atoms. The van der Waals surface area contributed by atoms with Crippen molar-refractivity contribution in [2.75, 3.05) is 14.2 Å². The summed E-state index contributed by atoms with van der Waals surface area (Å²) in [6.07, 6.45) is -0.870. The van der Waals surface area contributed by atoms with Crippen LogP contribution in [0.1, 0.15) is 19.4 Å². The molecule has 0 aliphatic carbocycles. The molecule has 1 aromatic carbocycles. The van der Waals surface area contributed by atoms with Crippen LogP contribution in [0.2, 0.25) is 0 Å². The van der Waals surface area contributed by atoms with Gasteiger partial charge >= 0.3 is 5.97 Å². The number of esters is 1. The van der Waals surface area contributed by atoms with E-state index in [9.17, 15) is 18.4 Å². The Hall–Kier alpha value is -2.02. The van der Waals surface area contributed by atoms with Crippen molar-refractivity contribution in [3.8, 4) is 0 Å². The van der Waals surface area contributed by atoms with Crippen LogP contribution in [0, 0.1) is 11.6 Å². The molecule has 0 saturated carbocycles. The Labute approximate surface area is 121 Å². The number of halogens is 2. The third-order valence-electron chi connectivity index (χ3n) is 3.16. The third kappa shape index (κ3) is 3.55. The maximum Gasteiger partial charge on any atom is 0.336 e. The number of hydrogen-bond acceptors (Lipinski definition) is 4. The minimum Gasteiger partial charge on any atom is -0.467 e. The van der Waals surface area contributed by atoms with Crippen LogP contribution >= 0.6 is 0 Å². The second kappa shape index (κ2) is 6.62. The molecule has 7 heteroatoms. The van der Waals surface area contributed by atoms with Crippen molar-refractivity contribution < 1.29 is 27.8 Å². The standard InChI is InChI=1S/C14H17F2NO4/c1-8(20-3)12(18)17-14(2,13(19)21-4)10-7-9(15)5-6-11(10)16/h5-8H,1-4H3,(H,17,18). The maximum atomic E-state index is 13.9. The first-order chi connectivity index (χ1) is 9.76. The molecule has 2 unspecified atom stereocenters. The zero-order valence-electron chi connectivity index (χ0n) is 12.2. The number of nitrogens with one attached hydrogen (secondary N) is 1. The Bertz CT molecular complexity index is 550. The summed E-state index contributed by atoms with van der Waals surface area (Å²) >= 11 is 0. The maximum absolute atomic E-state index is 13.9. The highest BCUT2D eigenvalue weighted by molar-refractivity contribution is 5.90. The summed E-state index contributed by atoms with van der Waals surface area (Å²) < 4.78 is 36.7. The molecule has 0 bridgehead atoms. The Morgan fingerprint density at radius 1 is 1.29 bits per heavy atom. The lowest BCUT2D eigenvalue weighted by molar-refractivity contribution is -0.152. The molecule has 2 atom stereocenters. The summed E-state index contributed by atoms with van der Waals surface area (Å²) in [5.74, 6) is -3.16. The summed E-state index contributed by atoms with van der Waals surface area (Å²) in [5.41, 5.74) is -2.20. The monoisotopic (exact) mass is 301 g/mol. The lowest BCUT2D eigenvalue weighted by atomic mass is 9.91. The van der Waals surface area contributed by atoms with Crippen LogP contribution in [0.3, 0.4) is 0 Å². The average Bonchev–Trinajstić information content (AvgIpc) is 2.47. The van der Waals surface area contributed by atoms with E-state index >= 15 is 0 Å². The van der Waals surface area contributed by atoms with Crippen LogP contribution in [0.25, 0.3) is 0 Å². The Morgan fingerprint density at radius 3 is 2.43 bits per heavy atom. The summed E-state index contributed by atoms with van der Waals surface area (Å²) in [7, 11) is 2.40. The summed E-state index contributed by atoms with van der Waals surface area (Å²) in [4.78, 5) is 23.9. The van der Waals surface area contributed by atoms with Gasteiger partial charge in [0.25, 0.3) is 0 Å². The van der Waals surface area contributed by atoms with Crippen LogP contribution in [0.15, 0.2) is 18.2 Å². The second-order valence-electron chi connectivity index (χ2n) is 4.61. The number of rotatable bonds is 5. The smallest absolute Gasteiger partial charge is 0.336 e. The lowest BCUT2D eigenvalue weighted by Gasteiger charge is -2.29. The van der Waals surface area contributed by atoms with Gasteiger partial charge in [0, 0.05) is 12.7 Å². The van der Waals surface area contributed by atoms with Crippen molar-refractivity contribution >= 4 is 11.9 Å². The molecule has 0 aromatic heterocycles. The van der Waals surface area contributed by atoms with Crippen molar-refractivity contribution in [3.63, 3.8) is 0 Å². The predicted octanol–water partition coefficient (Wildman–Crippen LogP) is 1.50. The van der Waals surface area contributed by atoms with Gasteiger partial charge < -0.3 is 14.8 Å². The lowest BCUT2D eigenvalue weighted by Crippen LogP contribution is -2.53. The molecule has 0 aliphatic heterocycles. The first kappa shape index (κ1) is 17.0. The van der Waals surface area contributed by atoms with Gasteiger partial charge in [0.05, 0.1) is 7.11 Å². The van der Waals surface area contributed by atoms with E-state index in [1.165, 1.54) is 21.0 Å². The van der Waals surface area contributed by atoms with Crippen LogP contribution in [-0.4, -0.2) is 32.2 Å². The minimum absolute atomic E-state index is 0.328. The van der Waals surface area contributed by atoms with Gasteiger partial charge in [-0.1, -0.05) is 0 Å². The number of carbonyl (C=O) groups is 2. The highest BCUT2D eigenvalue weighted by atomic mass is 19.1. The minimum atomic E-state index is -1.87. The normalized spacial score (nSPS) is 15.0. The van der Waals surface area contributed by atoms with Gasteiger partial charge in [0.1, 0.15) is 17.7 Å². The van der Waals surface area contributed by atoms with Gasteiger partial charge in [-0.3, -0.25) is 4.79 Å². The van der Waals surface area contributed by atoms with E-state index in [2.05, 4.69) is 10.1 Å². The largest absolute Gasteiger partial charge is 0.467 e. The molecular weight excluding hydrogens is 284 g/mol. The average molecular weight is 301 g/mol. The van der Waals surface area contributed by atoms with Gasteiger partial charge in [-0.15, -0.1) is 0 Å². The first-order valence-electron chi connectivity index (χ1n) is 6.15. The predicted molar refractivity (Wildman–Crippen MR) is 70.3 cm³/mol. The molecule has 0 saturated heterocycles. The second-order valence-corrected chi connectivity index (χ2v) is 4.61. The van der Waals surface area contributed by atoms with Crippen molar-refractivity contribution in [3.05, 3.63) is 35.4 Å². The van der Waals surface area contributed by atoms with Crippen molar-refractivity contribution in [1.82, 2.24) is 5.32 Å². The number of carbonyl (C=O) groups excluding carboxylic acids is 2. The molecular formula is C14H17F2NO4. The Balaban J connectivity index is 3.30. The summed E-state index contributed by atoms with van der Waals surface area (Å²) in [6, 6.07) is 2.62. The van der Waals surface area contributed by atoms with Crippen LogP contribution in [-0.2, 0) is 24.6 Å². The topological polar surface area (TPSA) is 64.6 Å².